The fraction of sp³-hybridized carbons (Fsp3) is 0.640. The first kappa shape index (κ1) is 24.5. The van der Waals surface area contributed by atoms with Crippen molar-refractivity contribution in [2.75, 3.05) is 20.3 Å². The SMILES string of the molecule is CCN/C=C1/C(=O)O[C@H](COC)[C@@]2(C)C1=C(O)C(=O)C1=C2[C@H](OC(C)=O)C[C@]2(C)[C@@H](O)CC[C@@H]12. The smallest absolute Gasteiger partial charge is 0.340 e. The fourth-order valence-corrected chi connectivity index (χ4v) is 6.49. The van der Waals surface area contributed by atoms with Crippen molar-refractivity contribution in [3.05, 3.63) is 34.3 Å². The summed E-state index contributed by atoms with van der Waals surface area (Å²) in [6.07, 6.45) is 0.426. The van der Waals surface area contributed by atoms with Gasteiger partial charge in [0.15, 0.2) is 5.76 Å². The van der Waals surface area contributed by atoms with Gasteiger partial charge in [0.1, 0.15) is 12.2 Å². The molecule has 0 aromatic carbocycles. The molecule has 9 heteroatoms. The van der Waals surface area contributed by atoms with Crippen molar-refractivity contribution in [1.29, 1.82) is 0 Å². The van der Waals surface area contributed by atoms with Crippen LogP contribution in [-0.4, -0.2) is 66.5 Å². The molecule has 1 saturated carbocycles. The number of methoxy groups -OCH3 is 1. The monoisotopic (exact) mass is 475 g/mol. The molecule has 6 atom stereocenters. The van der Waals surface area contributed by atoms with Crippen LogP contribution in [0.5, 0.6) is 0 Å². The van der Waals surface area contributed by atoms with Crippen LogP contribution in [0.2, 0.25) is 0 Å². The summed E-state index contributed by atoms with van der Waals surface area (Å²) in [6.45, 7) is 7.36. The van der Waals surface area contributed by atoms with E-state index in [-0.39, 0.29) is 23.7 Å². The summed E-state index contributed by atoms with van der Waals surface area (Å²) in [5, 5.41) is 25.1. The summed E-state index contributed by atoms with van der Waals surface area (Å²) in [6, 6.07) is 0. The molecule has 0 aromatic rings. The molecule has 1 heterocycles. The maximum Gasteiger partial charge on any atom is 0.340 e. The maximum absolute atomic E-state index is 13.8. The van der Waals surface area contributed by atoms with Crippen LogP contribution >= 0.6 is 0 Å². The number of carbonyl (C=O) groups excluding carboxylic acids is 3. The Balaban J connectivity index is 2.02. The second-order valence-electron chi connectivity index (χ2n) is 10.0. The number of hydrogen-bond donors (Lipinski definition) is 3. The minimum atomic E-state index is -1.19. The van der Waals surface area contributed by atoms with Gasteiger partial charge in [0, 0.05) is 43.3 Å². The number of carbonyl (C=O) groups is 3. The lowest BCUT2D eigenvalue weighted by atomic mass is 9.53. The zero-order valence-corrected chi connectivity index (χ0v) is 20.3. The van der Waals surface area contributed by atoms with E-state index in [4.69, 9.17) is 14.2 Å². The topological polar surface area (TPSA) is 131 Å². The summed E-state index contributed by atoms with van der Waals surface area (Å²) >= 11 is 0. The molecule has 0 radical (unpaired) electrons. The molecule has 1 saturated heterocycles. The molecule has 0 aromatic heterocycles. The lowest BCUT2D eigenvalue weighted by Gasteiger charge is -2.54. The highest BCUT2D eigenvalue weighted by molar-refractivity contribution is 6.13. The van der Waals surface area contributed by atoms with Crippen molar-refractivity contribution >= 4 is 17.7 Å². The first-order valence-corrected chi connectivity index (χ1v) is 11.7. The Morgan fingerprint density at radius 3 is 2.62 bits per heavy atom. The van der Waals surface area contributed by atoms with Crippen molar-refractivity contribution in [1.82, 2.24) is 5.32 Å². The second-order valence-corrected chi connectivity index (χ2v) is 10.0. The predicted octanol–water partition coefficient (Wildman–Crippen LogP) is 1.86. The zero-order chi connectivity index (χ0) is 25.0. The van der Waals surface area contributed by atoms with Gasteiger partial charge >= 0.3 is 11.9 Å². The third kappa shape index (κ3) is 3.32. The average molecular weight is 476 g/mol. The third-order valence-corrected chi connectivity index (χ3v) is 8.11. The van der Waals surface area contributed by atoms with Gasteiger partial charge in [-0.05, 0) is 44.6 Å². The van der Waals surface area contributed by atoms with Crippen molar-refractivity contribution in [3.8, 4) is 0 Å². The molecular formula is C25H33NO8. The largest absolute Gasteiger partial charge is 0.504 e. The molecule has 0 spiro atoms. The Hall–Kier alpha value is -2.65. The molecule has 1 aliphatic heterocycles. The first-order valence-electron chi connectivity index (χ1n) is 11.7. The van der Waals surface area contributed by atoms with Crippen LogP contribution in [0.1, 0.15) is 47.0 Å². The number of fused-ring (bicyclic) bond motifs is 4. The molecule has 3 aliphatic carbocycles. The molecule has 0 amide bonds. The van der Waals surface area contributed by atoms with E-state index in [0.717, 1.165) is 0 Å². The van der Waals surface area contributed by atoms with Crippen LogP contribution in [0.25, 0.3) is 0 Å². The quantitative estimate of drug-likeness (QED) is 0.403. The van der Waals surface area contributed by atoms with Gasteiger partial charge in [0.2, 0.25) is 5.78 Å². The first-order chi connectivity index (χ1) is 16.0. The molecule has 0 bridgehead atoms. The normalized spacial score (nSPS) is 38.4. The molecular weight excluding hydrogens is 442 g/mol. The van der Waals surface area contributed by atoms with E-state index in [1.165, 1.54) is 20.2 Å². The number of allylic oxidation sites excluding steroid dienone is 1. The van der Waals surface area contributed by atoms with Crippen molar-refractivity contribution < 1.29 is 38.8 Å². The third-order valence-electron chi connectivity index (χ3n) is 8.11. The molecule has 4 rings (SSSR count). The molecule has 0 unspecified atom stereocenters. The molecule has 2 fully saturated rings. The maximum atomic E-state index is 13.8. The number of esters is 2. The van der Waals surface area contributed by atoms with Crippen LogP contribution in [0.15, 0.2) is 34.3 Å². The fourth-order valence-electron chi connectivity index (χ4n) is 6.49. The van der Waals surface area contributed by atoms with Crippen LogP contribution in [0, 0.1) is 16.7 Å². The molecule has 9 nitrogen and oxygen atoms in total. The summed E-state index contributed by atoms with van der Waals surface area (Å²) in [5.74, 6) is -2.66. The lowest BCUT2D eigenvalue weighted by molar-refractivity contribution is -0.160. The number of ketones is 1. The summed E-state index contributed by atoms with van der Waals surface area (Å²) in [7, 11) is 1.47. The molecule has 34 heavy (non-hydrogen) atoms. The zero-order valence-electron chi connectivity index (χ0n) is 20.3. The highest BCUT2D eigenvalue weighted by Crippen LogP contribution is 2.63. The van der Waals surface area contributed by atoms with Crippen molar-refractivity contribution in [2.24, 2.45) is 16.7 Å². The van der Waals surface area contributed by atoms with E-state index in [1.807, 2.05) is 13.8 Å². The summed E-state index contributed by atoms with van der Waals surface area (Å²) in [5.41, 5.74) is -0.817. The Bertz CT molecular complexity index is 1030. The van der Waals surface area contributed by atoms with Gasteiger partial charge in [-0.25, -0.2) is 4.79 Å². The van der Waals surface area contributed by atoms with E-state index in [9.17, 15) is 24.6 Å². The minimum Gasteiger partial charge on any atom is -0.504 e. The van der Waals surface area contributed by atoms with Crippen LogP contribution in [0.4, 0.5) is 0 Å². The van der Waals surface area contributed by atoms with Gasteiger partial charge in [-0.1, -0.05) is 6.92 Å². The number of aliphatic hydroxyl groups is 2. The number of aliphatic hydroxyl groups excluding tert-OH is 2. The Morgan fingerprint density at radius 1 is 1.29 bits per heavy atom. The van der Waals surface area contributed by atoms with Gasteiger partial charge in [0.25, 0.3) is 0 Å². The molecule has 4 aliphatic rings. The van der Waals surface area contributed by atoms with E-state index in [2.05, 4.69) is 5.32 Å². The number of ether oxygens (including phenoxy) is 3. The van der Waals surface area contributed by atoms with Crippen LogP contribution < -0.4 is 5.32 Å². The van der Waals surface area contributed by atoms with E-state index >= 15 is 0 Å². The Morgan fingerprint density at radius 2 is 2.00 bits per heavy atom. The highest BCUT2D eigenvalue weighted by atomic mass is 16.6. The van der Waals surface area contributed by atoms with Gasteiger partial charge in [0.05, 0.1) is 23.7 Å². The van der Waals surface area contributed by atoms with Gasteiger partial charge in [-0.2, -0.15) is 0 Å². The number of cyclic esters (lactones) is 1. The summed E-state index contributed by atoms with van der Waals surface area (Å²) in [4.78, 5) is 38.9. The number of hydrogen-bond acceptors (Lipinski definition) is 9. The number of Topliss-reactive ketones (excluding diaryl/α,β-unsaturated/α-hetero) is 1. The van der Waals surface area contributed by atoms with Crippen molar-refractivity contribution in [2.45, 2.75) is 65.3 Å². The second kappa shape index (κ2) is 8.53. The van der Waals surface area contributed by atoms with E-state index < -0.39 is 52.6 Å². The standard InChI is InChI=1S/C25H33NO8/c1-6-26-10-13-19-22(30)21(29)18-14-7-8-16(28)24(14,3)9-15(33-12(2)27)20(18)25(19,4)17(11-32-5)34-23(13)31/h10,14-17,26,28,30H,6-9,11H2,1-5H3/b13-10+/t14-,15+,16-,17+,24-,25-/m0/s1. The Labute approximate surface area is 198 Å². The van der Waals surface area contributed by atoms with Gasteiger partial charge in [-0.15, -0.1) is 0 Å². The number of rotatable bonds is 5. The van der Waals surface area contributed by atoms with E-state index in [1.54, 1.807) is 6.92 Å². The lowest BCUT2D eigenvalue weighted by Crippen LogP contribution is -2.57. The Kier molecular flexibility index (Phi) is 6.14. The molecule has 3 N–H and O–H groups in total. The minimum absolute atomic E-state index is 0.00975. The predicted molar refractivity (Wildman–Crippen MR) is 120 cm³/mol. The number of nitrogens with one attached hydrogen (secondary N) is 1. The highest BCUT2D eigenvalue weighted by Gasteiger charge is 2.64. The van der Waals surface area contributed by atoms with Gasteiger partial charge in [-0.3, -0.25) is 9.59 Å². The van der Waals surface area contributed by atoms with Crippen LogP contribution in [-0.2, 0) is 28.6 Å². The molecule has 186 valence electrons. The van der Waals surface area contributed by atoms with Crippen LogP contribution in [0.3, 0.4) is 0 Å². The summed E-state index contributed by atoms with van der Waals surface area (Å²) < 4.78 is 16.9. The van der Waals surface area contributed by atoms with E-state index in [0.29, 0.717) is 37.0 Å². The average Bonchev–Trinajstić information content (AvgIpc) is 3.06. The van der Waals surface area contributed by atoms with Crippen molar-refractivity contribution in [3.63, 3.8) is 0 Å². The van der Waals surface area contributed by atoms with Gasteiger partial charge < -0.3 is 29.7 Å².